The largest absolute Gasteiger partial charge is 0.466 e. The van der Waals surface area contributed by atoms with E-state index in [2.05, 4.69) is 4.74 Å². The van der Waals surface area contributed by atoms with E-state index in [1.54, 1.807) is 0 Å². The first kappa shape index (κ1) is 16.0. The van der Waals surface area contributed by atoms with Gasteiger partial charge >= 0.3 is 33.2 Å². The Balaban J connectivity index is 6.12. The molecule has 1 atom stereocenters. The number of carbonyl (C=O) groups excluding carboxylic acids is 1. The van der Waals surface area contributed by atoms with E-state index in [0.717, 1.165) is 0 Å². The Kier molecular flexibility index (Phi) is 3.77. The van der Waals surface area contributed by atoms with E-state index >= 15 is 0 Å². The Hall–Kier alpha value is -1.04. The molecule has 102 valence electrons. The molecule has 0 aromatic heterocycles. The van der Waals surface area contributed by atoms with Gasteiger partial charge in [-0.05, 0) is 0 Å². The van der Waals surface area contributed by atoms with E-state index in [-0.39, 0.29) is 7.11 Å². The number of esters is 1. The average Bonchev–Trinajstić information content (AvgIpc) is 2.11. The van der Waals surface area contributed by atoms with Gasteiger partial charge in [0, 0.05) is 0 Å². The molecule has 0 saturated carbocycles. The zero-order valence-corrected chi connectivity index (χ0v) is 8.57. The minimum atomic E-state index is -6.73. The quantitative estimate of drug-likeness (QED) is 0.475. The van der Waals surface area contributed by atoms with Crippen LogP contribution in [-0.2, 0) is 19.6 Å². The molecule has 0 amide bonds. The Morgan fingerprint density at radius 2 is 1.47 bits per heavy atom. The zero-order valence-electron chi connectivity index (χ0n) is 7.76. The van der Waals surface area contributed by atoms with Crippen molar-refractivity contribution in [1.29, 1.82) is 0 Å². The summed E-state index contributed by atoms with van der Waals surface area (Å²) in [4.78, 5) is 10.5. The topological polar surface area (TPSA) is 80.7 Å². The summed E-state index contributed by atoms with van der Waals surface area (Å²) in [7, 11) is -6.57. The summed E-state index contributed by atoms with van der Waals surface area (Å²) in [6, 6.07) is 0. The molecule has 0 bridgehead atoms. The Labute approximate surface area is 90.1 Å². The minimum absolute atomic E-state index is 0.161. The summed E-state index contributed by atoms with van der Waals surface area (Å²) in [5.74, 6) is -9.77. The van der Waals surface area contributed by atoms with Gasteiger partial charge in [-0.1, -0.05) is 0 Å². The second-order valence-electron chi connectivity index (χ2n) is 2.63. The normalized spacial score (nSPS) is 17.4. The first-order valence-corrected chi connectivity index (χ1v) is 4.86. The second-order valence-corrected chi connectivity index (χ2v) is 4.15. The van der Waals surface area contributed by atoms with E-state index in [1.807, 2.05) is 0 Å². The summed E-state index contributed by atoms with van der Waals surface area (Å²) < 4.78 is 105. The molecule has 0 rings (SSSR count). The molecule has 0 saturated heterocycles. The van der Waals surface area contributed by atoms with Crippen molar-refractivity contribution in [2.45, 2.75) is 17.1 Å². The van der Waals surface area contributed by atoms with Gasteiger partial charge in [-0.2, -0.15) is 30.4 Å². The van der Waals surface area contributed by atoms with Crippen LogP contribution in [0.1, 0.15) is 0 Å². The summed E-state index contributed by atoms with van der Waals surface area (Å²) in [5, 5.41) is -5.97. The smallest absolute Gasteiger partial charge is 0.458 e. The monoisotopic (exact) mass is 290 g/mol. The first-order chi connectivity index (χ1) is 7.23. The molecule has 17 heavy (non-hydrogen) atoms. The Morgan fingerprint density at radius 3 is 1.65 bits per heavy atom. The maximum atomic E-state index is 13.2. The maximum absolute atomic E-state index is 13.2. The highest BCUT2D eigenvalue weighted by atomic mass is 32.2. The number of hydrogen-bond donors (Lipinski definition) is 1. The molecule has 0 radical (unpaired) electrons. The van der Waals surface area contributed by atoms with Crippen LogP contribution in [0.25, 0.3) is 0 Å². The van der Waals surface area contributed by atoms with Crippen LogP contribution < -0.4 is 0 Å². The fraction of sp³-hybridized carbons (Fsp3) is 0.800. The van der Waals surface area contributed by atoms with E-state index < -0.39 is 33.2 Å². The van der Waals surface area contributed by atoms with Crippen molar-refractivity contribution in [1.82, 2.24) is 0 Å². The van der Waals surface area contributed by atoms with Gasteiger partial charge in [0.1, 0.15) is 0 Å². The third-order valence-electron chi connectivity index (χ3n) is 1.56. The third-order valence-corrected chi connectivity index (χ3v) is 2.70. The molecule has 0 aromatic carbocycles. The minimum Gasteiger partial charge on any atom is -0.466 e. The van der Waals surface area contributed by atoms with Crippen LogP contribution in [0.2, 0.25) is 0 Å². The molecule has 12 heteroatoms. The summed E-state index contributed by atoms with van der Waals surface area (Å²) >= 11 is 0. The van der Waals surface area contributed by atoms with Gasteiger partial charge in [0.05, 0.1) is 7.11 Å². The molecule has 1 N–H and O–H groups in total. The standard InChI is InChI=1S/C5H4F6O5S/c1-16-2(12)3(6,17(13,14)15)4(7,8)5(9,10)11/h1H3,(H,13,14,15). The van der Waals surface area contributed by atoms with Gasteiger partial charge in [0.15, 0.2) is 0 Å². The number of carbonyl (C=O) groups is 1. The van der Waals surface area contributed by atoms with Gasteiger partial charge in [0.2, 0.25) is 0 Å². The van der Waals surface area contributed by atoms with Crippen molar-refractivity contribution >= 4 is 16.1 Å². The summed E-state index contributed by atoms with van der Waals surface area (Å²) in [5.41, 5.74) is 0. The predicted octanol–water partition coefficient (Wildman–Crippen LogP) is 0.911. The molecular formula is C5H4F6O5S. The van der Waals surface area contributed by atoms with Gasteiger partial charge < -0.3 is 4.74 Å². The highest BCUT2D eigenvalue weighted by molar-refractivity contribution is 7.88. The number of hydrogen-bond acceptors (Lipinski definition) is 4. The number of alkyl halides is 6. The fourth-order valence-corrected chi connectivity index (χ4v) is 1.44. The number of ether oxygens (including phenoxy) is 1. The molecular weight excluding hydrogens is 286 g/mol. The molecule has 0 aromatic rings. The van der Waals surface area contributed by atoms with Crippen LogP contribution in [0.4, 0.5) is 26.3 Å². The van der Waals surface area contributed by atoms with Crippen LogP contribution in [0.15, 0.2) is 0 Å². The molecule has 0 spiro atoms. The SMILES string of the molecule is COC(=O)C(F)(C(F)(F)C(F)(F)F)S(=O)(=O)O. The van der Waals surface area contributed by atoms with E-state index in [1.165, 1.54) is 0 Å². The maximum Gasteiger partial charge on any atom is 0.458 e. The lowest BCUT2D eigenvalue weighted by molar-refractivity contribution is -0.310. The third kappa shape index (κ3) is 2.18. The van der Waals surface area contributed by atoms with Crippen LogP contribution in [-0.4, -0.2) is 43.1 Å². The van der Waals surface area contributed by atoms with Crippen molar-refractivity contribution in [2.24, 2.45) is 0 Å². The van der Waals surface area contributed by atoms with Gasteiger partial charge in [-0.25, -0.2) is 9.18 Å². The van der Waals surface area contributed by atoms with Crippen molar-refractivity contribution in [3.63, 3.8) is 0 Å². The van der Waals surface area contributed by atoms with Gasteiger partial charge in [-0.3, -0.25) is 4.55 Å². The summed E-state index contributed by atoms with van der Waals surface area (Å²) in [6.45, 7) is 0. The van der Waals surface area contributed by atoms with Crippen molar-refractivity contribution in [3.05, 3.63) is 0 Å². The second kappa shape index (κ2) is 4.01. The molecule has 0 aliphatic carbocycles. The molecule has 0 aliphatic heterocycles. The Bertz CT molecular complexity index is 413. The molecule has 1 unspecified atom stereocenters. The predicted molar refractivity (Wildman–Crippen MR) is 38.4 cm³/mol. The average molecular weight is 290 g/mol. The first-order valence-electron chi connectivity index (χ1n) is 3.42. The molecule has 0 heterocycles. The number of rotatable bonds is 3. The lowest BCUT2D eigenvalue weighted by Gasteiger charge is -2.29. The zero-order chi connectivity index (χ0) is 14.3. The Morgan fingerprint density at radius 1 is 1.12 bits per heavy atom. The van der Waals surface area contributed by atoms with Gasteiger partial charge in [0.25, 0.3) is 0 Å². The lowest BCUT2D eigenvalue weighted by Crippen LogP contribution is -2.63. The molecule has 0 aliphatic rings. The van der Waals surface area contributed by atoms with Crippen molar-refractivity contribution < 1.29 is 48.8 Å². The van der Waals surface area contributed by atoms with Crippen molar-refractivity contribution in [2.75, 3.05) is 7.11 Å². The lowest BCUT2D eigenvalue weighted by atomic mass is 10.2. The van der Waals surface area contributed by atoms with Crippen LogP contribution in [0.3, 0.4) is 0 Å². The highest BCUT2D eigenvalue weighted by Crippen LogP contribution is 2.48. The van der Waals surface area contributed by atoms with Crippen LogP contribution >= 0.6 is 0 Å². The molecule has 5 nitrogen and oxygen atoms in total. The van der Waals surface area contributed by atoms with E-state index in [4.69, 9.17) is 4.55 Å². The van der Waals surface area contributed by atoms with E-state index in [9.17, 15) is 39.6 Å². The number of halogens is 6. The van der Waals surface area contributed by atoms with Crippen LogP contribution in [0, 0.1) is 0 Å². The van der Waals surface area contributed by atoms with Crippen molar-refractivity contribution in [3.8, 4) is 0 Å². The highest BCUT2D eigenvalue weighted by Gasteiger charge is 2.81. The fourth-order valence-electron chi connectivity index (χ4n) is 0.709. The van der Waals surface area contributed by atoms with Crippen LogP contribution in [0.5, 0.6) is 0 Å². The summed E-state index contributed by atoms with van der Waals surface area (Å²) in [6.07, 6.45) is -6.73. The number of methoxy groups -OCH3 is 1. The molecule has 0 fully saturated rings. The van der Waals surface area contributed by atoms with Gasteiger partial charge in [-0.15, -0.1) is 0 Å². The van der Waals surface area contributed by atoms with E-state index in [0.29, 0.717) is 0 Å².